The third-order valence-corrected chi connectivity index (χ3v) is 4.50. The maximum Gasteiger partial charge on any atom is 0.318 e. The van der Waals surface area contributed by atoms with Gasteiger partial charge in [0.05, 0.1) is 20.8 Å². The number of benzene rings is 2. The van der Waals surface area contributed by atoms with E-state index in [1.165, 1.54) is 0 Å². The third kappa shape index (κ3) is 7.17. The molecule has 0 unspecified atom stereocenters. The zero-order valence-corrected chi connectivity index (χ0v) is 19.0. The highest BCUT2D eigenvalue weighted by atomic mass is 16.5. The highest BCUT2D eigenvalue weighted by molar-refractivity contribution is 5.75. The molecule has 2 aromatic rings. The molecule has 0 fully saturated rings. The lowest BCUT2D eigenvalue weighted by Gasteiger charge is -2.29. The maximum absolute atomic E-state index is 12.9. The number of hydrogen-bond donors (Lipinski definition) is 1. The molecule has 0 aliphatic heterocycles. The molecule has 0 atom stereocenters. The lowest BCUT2D eigenvalue weighted by atomic mass is 10.1. The quantitative estimate of drug-likeness (QED) is 0.649. The summed E-state index contributed by atoms with van der Waals surface area (Å²) >= 11 is 0. The SMILES string of the molecule is CCOc1ccc(CN(CCc2ccc(OC)c(OC)c2)C(=O)NC(C)(C)C)cc1. The molecule has 6 nitrogen and oxygen atoms in total. The molecule has 30 heavy (non-hydrogen) atoms. The Bertz CT molecular complexity index is 813. The van der Waals surface area contributed by atoms with Crippen molar-refractivity contribution in [3.8, 4) is 17.2 Å². The number of nitrogens with zero attached hydrogens (tertiary/aromatic N) is 1. The minimum atomic E-state index is -0.308. The van der Waals surface area contributed by atoms with Crippen LogP contribution in [0.15, 0.2) is 42.5 Å². The summed E-state index contributed by atoms with van der Waals surface area (Å²) in [6.45, 7) is 9.62. The second kappa shape index (κ2) is 10.8. The van der Waals surface area contributed by atoms with Gasteiger partial charge in [0, 0.05) is 18.6 Å². The van der Waals surface area contributed by atoms with Crippen LogP contribution in [-0.2, 0) is 13.0 Å². The molecule has 2 amide bonds. The Labute approximate surface area is 180 Å². The van der Waals surface area contributed by atoms with E-state index in [9.17, 15) is 4.79 Å². The maximum atomic E-state index is 12.9. The molecule has 0 aliphatic carbocycles. The van der Waals surface area contributed by atoms with E-state index >= 15 is 0 Å². The van der Waals surface area contributed by atoms with Crippen molar-refractivity contribution in [2.45, 2.75) is 46.2 Å². The number of hydrogen-bond acceptors (Lipinski definition) is 4. The van der Waals surface area contributed by atoms with Crippen LogP contribution in [0.1, 0.15) is 38.8 Å². The Balaban J connectivity index is 2.14. The average molecular weight is 415 g/mol. The molecule has 1 N–H and O–H groups in total. The van der Waals surface area contributed by atoms with E-state index in [1.54, 1.807) is 14.2 Å². The van der Waals surface area contributed by atoms with Crippen LogP contribution in [0.25, 0.3) is 0 Å². The van der Waals surface area contributed by atoms with E-state index in [4.69, 9.17) is 14.2 Å². The molecular formula is C24H34N2O4. The first kappa shape index (κ1) is 23.4. The summed E-state index contributed by atoms with van der Waals surface area (Å²) in [4.78, 5) is 14.8. The molecule has 0 aliphatic rings. The lowest BCUT2D eigenvalue weighted by Crippen LogP contribution is -2.48. The molecule has 0 saturated heterocycles. The van der Waals surface area contributed by atoms with Crippen molar-refractivity contribution in [1.82, 2.24) is 10.2 Å². The fourth-order valence-electron chi connectivity index (χ4n) is 3.03. The van der Waals surface area contributed by atoms with Gasteiger partial charge in [-0.05, 0) is 69.5 Å². The van der Waals surface area contributed by atoms with Gasteiger partial charge in [-0.3, -0.25) is 0 Å². The number of nitrogens with one attached hydrogen (secondary N) is 1. The molecule has 164 valence electrons. The summed E-state index contributed by atoms with van der Waals surface area (Å²) in [5, 5.41) is 3.07. The van der Waals surface area contributed by atoms with E-state index in [0.717, 1.165) is 16.9 Å². The fourth-order valence-corrected chi connectivity index (χ4v) is 3.03. The van der Waals surface area contributed by atoms with E-state index < -0.39 is 0 Å². The van der Waals surface area contributed by atoms with Crippen LogP contribution in [0.2, 0.25) is 0 Å². The van der Waals surface area contributed by atoms with Crippen molar-refractivity contribution in [3.63, 3.8) is 0 Å². The van der Waals surface area contributed by atoms with Gasteiger partial charge in [-0.15, -0.1) is 0 Å². The first-order valence-corrected chi connectivity index (χ1v) is 10.3. The fraction of sp³-hybridized carbons (Fsp3) is 0.458. The summed E-state index contributed by atoms with van der Waals surface area (Å²) in [6, 6.07) is 13.6. The van der Waals surface area contributed by atoms with Crippen molar-refractivity contribution in [2.24, 2.45) is 0 Å². The van der Waals surface area contributed by atoms with Gasteiger partial charge in [0.2, 0.25) is 0 Å². The molecule has 0 heterocycles. The summed E-state index contributed by atoms with van der Waals surface area (Å²) in [6.07, 6.45) is 0.703. The predicted molar refractivity (Wildman–Crippen MR) is 120 cm³/mol. The molecular weight excluding hydrogens is 380 g/mol. The number of urea groups is 1. The molecule has 6 heteroatoms. The Kier molecular flexibility index (Phi) is 8.39. The number of rotatable bonds is 9. The third-order valence-electron chi connectivity index (χ3n) is 4.50. The minimum absolute atomic E-state index is 0.0862. The Morgan fingerprint density at radius 3 is 2.17 bits per heavy atom. The van der Waals surface area contributed by atoms with E-state index in [2.05, 4.69) is 5.32 Å². The van der Waals surface area contributed by atoms with Gasteiger partial charge in [-0.1, -0.05) is 18.2 Å². The number of methoxy groups -OCH3 is 2. The van der Waals surface area contributed by atoms with E-state index in [-0.39, 0.29) is 11.6 Å². The molecule has 0 aromatic heterocycles. The van der Waals surface area contributed by atoms with Gasteiger partial charge >= 0.3 is 6.03 Å². The zero-order valence-electron chi connectivity index (χ0n) is 19.0. The first-order chi connectivity index (χ1) is 14.3. The smallest absolute Gasteiger partial charge is 0.318 e. The van der Waals surface area contributed by atoms with Crippen molar-refractivity contribution in [1.29, 1.82) is 0 Å². The highest BCUT2D eigenvalue weighted by Crippen LogP contribution is 2.27. The van der Waals surface area contributed by atoms with Crippen molar-refractivity contribution >= 4 is 6.03 Å². The number of carbonyl (C=O) groups excluding carboxylic acids is 1. The van der Waals surface area contributed by atoms with Gasteiger partial charge in [-0.2, -0.15) is 0 Å². The molecule has 0 radical (unpaired) electrons. The van der Waals surface area contributed by atoms with Crippen LogP contribution in [0.3, 0.4) is 0 Å². The summed E-state index contributed by atoms with van der Waals surface area (Å²) < 4.78 is 16.2. The van der Waals surface area contributed by atoms with E-state index in [0.29, 0.717) is 37.6 Å². The van der Waals surface area contributed by atoms with Crippen LogP contribution in [0, 0.1) is 0 Å². The molecule has 2 rings (SSSR count). The number of carbonyl (C=O) groups is 1. The first-order valence-electron chi connectivity index (χ1n) is 10.3. The predicted octanol–water partition coefficient (Wildman–Crippen LogP) is 4.66. The monoisotopic (exact) mass is 414 g/mol. The molecule has 0 bridgehead atoms. The second-order valence-corrected chi connectivity index (χ2v) is 8.12. The van der Waals surface area contributed by atoms with Gasteiger partial charge in [0.25, 0.3) is 0 Å². The van der Waals surface area contributed by atoms with Crippen LogP contribution in [-0.4, -0.2) is 43.8 Å². The summed E-state index contributed by atoms with van der Waals surface area (Å²) in [5.41, 5.74) is 1.82. The van der Waals surface area contributed by atoms with Gasteiger partial charge in [0.1, 0.15) is 5.75 Å². The Hall–Kier alpha value is -2.89. The van der Waals surface area contributed by atoms with Gasteiger partial charge in [-0.25, -0.2) is 4.79 Å². The van der Waals surface area contributed by atoms with Crippen LogP contribution >= 0.6 is 0 Å². The standard InChI is InChI=1S/C24H34N2O4/c1-7-30-20-11-8-19(9-12-20)17-26(23(27)25-24(2,3)4)15-14-18-10-13-21(28-5)22(16-18)29-6/h8-13,16H,7,14-15,17H2,1-6H3,(H,25,27). The van der Waals surface area contributed by atoms with Crippen LogP contribution < -0.4 is 19.5 Å². The van der Waals surface area contributed by atoms with Crippen molar-refractivity contribution < 1.29 is 19.0 Å². The molecule has 0 spiro atoms. The molecule has 0 saturated carbocycles. The van der Waals surface area contributed by atoms with Gasteiger partial charge < -0.3 is 24.4 Å². The van der Waals surface area contributed by atoms with Crippen molar-refractivity contribution in [2.75, 3.05) is 27.4 Å². The van der Waals surface area contributed by atoms with Crippen LogP contribution in [0.4, 0.5) is 4.79 Å². The minimum Gasteiger partial charge on any atom is -0.494 e. The largest absolute Gasteiger partial charge is 0.494 e. The van der Waals surface area contributed by atoms with Gasteiger partial charge in [0.15, 0.2) is 11.5 Å². The lowest BCUT2D eigenvalue weighted by molar-refractivity contribution is 0.186. The molecule has 2 aromatic carbocycles. The summed E-state index contributed by atoms with van der Waals surface area (Å²) in [7, 11) is 3.24. The Morgan fingerprint density at radius 2 is 1.60 bits per heavy atom. The normalized spacial score (nSPS) is 11.0. The number of amides is 2. The van der Waals surface area contributed by atoms with Crippen LogP contribution in [0.5, 0.6) is 17.2 Å². The van der Waals surface area contributed by atoms with Crippen molar-refractivity contribution in [3.05, 3.63) is 53.6 Å². The number of ether oxygens (including phenoxy) is 3. The second-order valence-electron chi connectivity index (χ2n) is 8.12. The summed E-state index contributed by atoms with van der Waals surface area (Å²) in [5.74, 6) is 2.21. The zero-order chi connectivity index (χ0) is 22.1. The highest BCUT2D eigenvalue weighted by Gasteiger charge is 2.20. The average Bonchev–Trinajstić information content (AvgIpc) is 2.71. The topological polar surface area (TPSA) is 60.0 Å². The van der Waals surface area contributed by atoms with E-state index in [1.807, 2.05) is 75.1 Å². The Morgan fingerprint density at radius 1 is 0.967 bits per heavy atom.